The van der Waals surface area contributed by atoms with Crippen LogP contribution in [0.4, 0.5) is 0 Å². The van der Waals surface area contributed by atoms with Crippen molar-refractivity contribution >= 4 is 5.97 Å². The summed E-state index contributed by atoms with van der Waals surface area (Å²) in [5.74, 6) is -0.363. The Morgan fingerprint density at radius 1 is 1.21 bits per heavy atom. The summed E-state index contributed by atoms with van der Waals surface area (Å²) in [6, 6.07) is 0. The lowest BCUT2D eigenvalue weighted by molar-refractivity contribution is -0.153. The summed E-state index contributed by atoms with van der Waals surface area (Å²) >= 11 is 0. The van der Waals surface area contributed by atoms with Crippen LogP contribution in [0.1, 0.15) is 44.9 Å². The molecule has 0 saturated heterocycles. The molecule has 1 rings (SSSR count). The third kappa shape index (κ3) is 3.29. The van der Waals surface area contributed by atoms with Gasteiger partial charge in [0.25, 0.3) is 0 Å². The molecule has 0 heterocycles. The fourth-order valence-corrected chi connectivity index (χ4v) is 2.12. The van der Waals surface area contributed by atoms with Crippen LogP contribution in [0, 0.1) is 5.92 Å². The first kappa shape index (κ1) is 11.5. The van der Waals surface area contributed by atoms with Crippen molar-refractivity contribution in [3.05, 3.63) is 0 Å². The third-order valence-corrected chi connectivity index (χ3v) is 3.04. The zero-order valence-electron chi connectivity index (χ0n) is 8.87. The Hall–Kier alpha value is -0.570. The van der Waals surface area contributed by atoms with Crippen LogP contribution in [0.15, 0.2) is 0 Å². The highest BCUT2D eigenvalue weighted by molar-refractivity contribution is 5.74. The molecule has 1 aliphatic rings. The number of aliphatic hydroxyl groups excluding tert-OH is 1. The van der Waals surface area contributed by atoms with E-state index in [1.807, 2.05) is 0 Å². The molecular formula is C11H20O3. The summed E-state index contributed by atoms with van der Waals surface area (Å²) in [7, 11) is 1.33. The maximum absolute atomic E-state index is 11.1. The number of ether oxygens (including phenoxy) is 1. The topological polar surface area (TPSA) is 46.5 Å². The molecule has 82 valence electrons. The van der Waals surface area contributed by atoms with Gasteiger partial charge in [0.15, 0.2) is 6.10 Å². The van der Waals surface area contributed by atoms with Crippen LogP contribution in [0.3, 0.4) is 0 Å². The minimum Gasteiger partial charge on any atom is -0.467 e. The lowest BCUT2D eigenvalue weighted by Crippen LogP contribution is -2.31. The van der Waals surface area contributed by atoms with Crippen LogP contribution in [0.25, 0.3) is 0 Å². The second kappa shape index (κ2) is 6.02. The number of hydrogen-bond acceptors (Lipinski definition) is 3. The van der Waals surface area contributed by atoms with Gasteiger partial charge in [-0.05, 0) is 18.8 Å². The average molecular weight is 200 g/mol. The van der Waals surface area contributed by atoms with E-state index in [1.54, 1.807) is 0 Å². The summed E-state index contributed by atoms with van der Waals surface area (Å²) < 4.78 is 4.55. The smallest absolute Gasteiger partial charge is 0.334 e. The van der Waals surface area contributed by atoms with Crippen LogP contribution in [0.2, 0.25) is 0 Å². The quantitative estimate of drug-likeness (QED) is 0.692. The molecule has 0 spiro atoms. The van der Waals surface area contributed by atoms with Crippen LogP contribution in [-0.2, 0) is 9.53 Å². The molecule has 0 amide bonds. The Kier molecular flexibility index (Phi) is 4.94. The first-order valence-electron chi connectivity index (χ1n) is 5.51. The van der Waals surface area contributed by atoms with E-state index in [9.17, 15) is 9.90 Å². The summed E-state index contributed by atoms with van der Waals surface area (Å²) in [4.78, 5) is 11.1. The monoisotopic (exact) mass is 200 g/mol. The largest absolute Gasteiger partial charge is 0.467 e. The van der Waals surface area contributed by atoms with Gasteiger partial charge in [-0.1, -0.05) is 32.1 Å². The molecule has 1 fully saturated rings. The number of esters is 1. The highest BCUT2D eigenvalue weighted by Gasteiger charge is 2.26. The van der Waals surface area contributed by atoms with Crippen molar-refractivity contribution in [2.24, 2.45) is 5.92 Å². The van der Waals surface area contributed by atoms with Gasteiger partial charge in [0, 0.05) is 0 Å². The second-order valence-corrected chi connectivity index (χ2v) is 4.07. The van der Waals surface area contributed by atoms with E-state index < -0.39 is 12.1 Å². The molecule has 1 unspecified atom stereocenters. The maximum Gasteiger partial charge on any atom is 0.334 e. The minimum absolute atomic E-state index is 0.114. The molecule has 1 atom stereocenters. The molecule has 1 saturated carbocycles. The maximum atomic E-state index is 11.1. The molecule has 14 heavy (non-hydrogen) atoms. The van der Waals surface area contributed by atoms with Gasteiger partial charge in [-0.15, -0.1) is 0 Å². The second-order valence-electron chi connectivity index (χ2n) is 4.07. The number of aliphatic hydroxyl groups is 1. The van der Waals surface area contributed by atoms with Crippen molar-refractivity contribution in [1.82, 2.24) is 0 Å². The molecule has 0 radical (unpaired) electrons. The molecule has 3 heteroatoms. The summed E-state index contributed by atoms with van der Waals surface area (Å²) in [5.41, 5.74) is 0. The summed E-state index contributed by atoms with van der Waals surface area (Å²) in [5, 5.41) is 9.68. The Morgan fingerprint density at radius 2 is 1.71 bits per heavy atom. The number of carbonyl (C=O) groups excluding carboxylic acids is 1. The normalized spacial score (nSPS) is 22.1. The van der Waals surface area contributed by atoms with Gasteiger partial charge in [0.05, 0.1) is 7.11 Å². The van der Waals surface area contributed by atoms with E-state index >= 15 is 0 Å². The minimum atomic E-state index is -0.905. The first-order valence-corrected chi connectivity index (χ1v) is 5.51. The van der Waals surface area contributed by atoms with Crippen molar-refractivity contribution in [3.63, 3.8) is 0 Å². The van der Waals surface area contributed by atoms with Crippen molar-refractivity contribution in [1.29, 1.82) is 0 Å². The van der Waals surface area contributed by atoms with Crippen molar-refractivity contribution in [2.45, 2.75) is 51.0 Å². The highest BCUT2D eigenvalue weighted by Crippen LogP contribution is 2.25. The van der Waals surface area contributed by atoms with Gasteiger partial charge in [0.1, 0.15) is 0 Å². The molecule has 1 N–H and O–H groups in total. The van der Waals surface area contributed by atoms with E-state index in [0.717, 1.165) is 25.7 Å². The Labute approximate surface area is 85.5 Å². The van der Waals surface area contributed by atoms with Gasteiger partial charge in [-0.3, -0.25) is 0 Å². The standard InChI is InChI=1S/C11H20O3/c1-14-11(13)10(12)9-7-5-3-2-4-6-8-9/h9-10,12H,2-8H2,1H3. The molecule has 0 aliphatic heterocycles. The highest BCUT2D eigenvalue weighted by atomic mass is 16.5. The molecule has 0 bridgehead atoms. The Morgan fingerprint density at radius 3 is 2.21 bits per heavy atom. The van der Waals surface area contributed by atoms with Gasteiger partial charge in [-0.2, -0.15) is 0 Å². The van der Waals surface area contributed by atoms with Crippen molar-refractivity contribution < 1.29 is 14.6 Å². The van der Waals surface area contributed by atoms with Gasteiger partial charge >= 0.3 is 5.97 Å². The Bertz CT molecular complexity index is 171. The molecule has 1 aliphatic carbocycles. The zero-order chi connectivity index (χ0) is 10.4. The van der Waals surface area contributed by atoms with E-state index in [4.69, 9.17) is 0 Å². The molecule has 0 aromatic heterocycles. The van der Waals surface area contributed by atoms with Gasteiger partial charge < -0.3 is 9.84 Å². The zero-order valence-corrected chi connectivity index (χ0v) is 8.87. The summed E-state index contributed by atoms with van der Waals surface area (Å²) in [6.07, 6.45) is 7.00. The van der Waals surface area contributed by atoms with E-state index in [1.165, 1.54) is 26.4 Å². The molecular weight excluding hydrogens is 180 g/mol. The van der Waals surface area contributed by atoms with Crippen LogP contribution < -0.4 is 0 Å². The molecule has 0 aromatic carbocycles. The fraction of sp³-hybridized carbons (Fsp3) is 0.909. The first-order chi connectivity index (χ1) is 6.75. The third-order valence-electron chi connectivity index (χ3n) is 3.04. The van der Waals surface area contributed by atoms with Crippen molar-refractivity contribution in [3.8, 4) is 0 Å². The lowest BCUT2D eigenvalue weighted by atomic mass is 9.87. The van der Waals surface area contributed by atoms with E-state index in [0.29, 0.717) is 0 Å². The number of rotatable bonds is 2. The summed E-state index contributed by atoms with van der Waals surface area (Å²) in [6.45, 7) is 0. The van der Waals surface area contributed by atoms with Crippen molar-refractivity contribution in [2.75, 3.05) is 7.11 Å². The van der Waals surface area contributed by atoms with Gasteiger partial charge in [0.2, 0.25) is 0 Å². The fourth-order valence-electron chi connectivity index (χ4n) is 2.12. The van der Waals surface area contributed by atoms with Crippen LogP contribution in [0.5, 0.6) is 0 Å². The molecule has 3 nitrogen and oxygen atoms in total. The Balaban J connectivity index is 2.42. The number of hydrogen-bond donors (Lipinski definition) is 1. The van der Waals surface area contributed by atoms with Gasteiger partial charge in [-0.25, -0.2) is 4.79 Å². The van der Waals surface area contributed by atoms with E-state index in [-0.39, 0.29) is 5.92 Å². The van der Waals surface area contributed by atoms with Crippen LogP contribution >= 0.6 is 0 Å². The molecule has 0 aromatic rings. The average Bonchev–Trinajstić information content (AvgIpc) is 2.15. The van der Waals surface area contributed by atoms with Crippen LogP contribution in [-0.4, -0.2) is 24.3 Å². The predicted molar refractivity (Wildman–Crippen MR) is 53.8 cm³/mol. The SMILES string of the molecule is COC(=O)C(O)C1CCCCCCC1. The van der Waals surface area contributed by atoms with E-state index in [2.05, 4.69) is 4.74 Å². The number of methoxy groups -OCH3 is 1. The lowest BCUT2D eigenvalue weighted by Gasteiger charge is -2.22. The number of carbonyl (C=O) groups is 1. The predicted octanol–water partition coefficient (Wildman–Crippen LogP) is 1.88.